The molecule has 0 aromatic heterocycles. The standard InChI is InChI=1S/C20H19NO/c21-15-16-11-13-19(14-12-16)20(22,17-7-3-1-4-8-17)18-9-5-2-6-10-18/h1-14,22H,15,21H2. The van der Waals surface area contributed by atoms with Crippen LogP contribution in [0.3, 0.4) is 0 Å². The molecule has 0 bridgehead atoms. The van der Waals surface area contributed by atoms with Crippen molar-refractivity contribution in [1.29, 1.82) is 0 Å². The van der Waals surface area contributed by atoms with Crippen molar-refractivity contribution in [3.8, 4) is 0 Å². The second-order valence-corrected chi connectivity index (χ2v) is 5.34. The van der Waals surface area contributed by atoms with Crippen molar-refractivity contribution in [1.82, 2.24) is 0 Å². The molecule has 3 rings (SSSR count). The summed E-state index contributed by atoms with van der Waals surface area (Å²) < 4.78 is 0. The first kappa shape index (κ1) is 14.5. The van der Waals surface area contributed by atoms with Crippen molar-refractivity contribution in [3.63, 3.8) is 0 Å². The Bertz CT molecular complexity index is 681. The fourth-order valence-corrected chi connectivity index (χ4v) is 2.74. The Morgan fingerprint density at radius 2 is 1.05 bits per heavy atom. The fourth-order valence-electron chi connectivity index (χ4n) is 2.74. The fraction of sp³-hybridized carbons (Fsp3) is 0.100. The zero-order valence-corrected chi connectivity index (χ0v) is 12.3. The molecule has 2 nitrogen and oxygen atoms in total. The van der Waals surface area contributed by atoms with Gasteiger partial charge < -0.3 is 10.8 Å². The van der Waals surface area contributed by atoms with Crippen LogP contribution in [0.5, 0.6) is 0 Å². The van der Waals surface area contributed by atoms with Crippen molar-refractivity contribution >= 4 is 0 Å². The van der Waals surface area contributed by atoms with Crippen LogP contribution in [0.2, 0.25) is 0 Å². The molecule has 0 aliphatic carbocycles. The number of nitrogens with two attached hydrogens (primary N) is 1. The number of hydrogen-bond acceptors (Lipinski definition) is 2. The highest BCUT2D eigenvalue weighted by Crippen LogP contribution is 2.36. The van der Waals surface area contributed by atoms with Gasteiger partial charge in [0.25, 0.3) is 0 Å². The van der Waals surface area contributed by atoms with Gasteiger partial charge in [-0.2, -0.15) is 0 Å². The Balaban J connectivity index is 2.18. The summed E-state index contributed by atoms with van der Waals surface area (Å²) in [6.45, 7) is 0.495. The molecule has 0 fully saturated rings. The molecule has 0 atom stereocenters. The predicted octanol–water partition coefficient (Wildman–Crippen LogP) is 3.43. The summed E-state index contributed by atoms with van der Waals surface area (Å²) in [5.74, 6) is 0. The van der Waals surface area contributed by atoms with Crippen molar-refractivity contribution in [2.75, 3.05) is 0 Å². The third kappa shape index (κ3) is 2.54. The zero-order valence-electron chi connectivity index (χ0n) is 12.3. The Morgan fingerprint density at radius 1 is 0.636 bits per heavy atom. The smallest absolute Gasteiger partial charge is 0.140 e. The van der Waals surface area contributed by atoms with E-state index in [0.717, 1.165) is 22.3 Å². The molecule has 0 unspecified atom stereocenters. The quantitative estimate of drug-likeness (QED) is 0.723. The average Bonchev–Trinajstić information content (AvgIpc) is 2.62. The van der Waals surface area contributed by atoms with Crippen molar-refractivity contribution in [2.24, 2.45) is 5.73 Å². The highest BCUT2D eigenvalue weighted by atomic mass is 16.3. The topological polar surface area (TPSA) is 46.2 Å². The summed E-state index contributed by atoms with van der Waals surface area (Å²) in [6.07, 6.45) is 0. The van der Waals surface area contributed by atoms with Crippen LogP contribution in [0, 0.1) is 0 Å². The number of hydrogen-bond donors (Lipinski definition) is 2. The lowest BCUT2D eigenvalue weighted by atomic mass is 9.80. The first-order valence-electron chi connectivity index (χ1n) is 7.38. The van der Waals surface area contributed by atoms with Gasteiger partial charge in [-0.05, 0) is 22.3 Å². The molecule has 0 heterocycles. The van der Waals surface area contributed by atoms with Gasteiger partial charge in [0.1, 0.15) is 5.60 Å². The molecule has 3 N–H and O–H groups in total. The summed E-state index contributed by atoms with van der Waals surface area (Å²) in [4.78, 5) is 0. The van der Waals surface area contributed by atoms with Gasteiger partial charge in [0, 0.05) is 6.54 Å². The second kappa shape index (κ2) is 6.14. The van der Waals surface area contributed by atoms with Crippen LogP contribution < -0.4 is 5.73 Å². The normalized spacial score (nSPS) is 11.4. The SMILES string of the molecule is NCc1ccc(C(O)(c2ccccc2)c2ccccc2)cc1. The van der Waals surface area contributed by atoms with Gasteiger partial charge in [0.05, 0.1) is 0 Å². The Hall–Kier alpha value is -2.42. The van der Waals surface area contributed by atoms with Gasteiger partial charge in [-0.15, -0.1) is 0 Å². The Labute approximate surface area is 130 Å². The van der Waals surface area contributed by atoms with E-state index in [1.807, 2.05) is 84.9 Å². The summed E-state index contributed by atoms with van der Waals surface area (Å²) >= 11 is 0. The first-order chi connectivity index (χ1) is 10.7. The van der Waals surface area contributed by atoms with E-state index < -0.39 is 5.60 Å². The molecule has 0 radical (unpaired) electrons. The van der Waals surface area contributed by atoms with Crippen LogP contribution >= 0.6 is 0 Å². The highest BCUT2D eigenvalue weighted by Gasteiger charge is 2.33. The molecule has 0 aliphatic rings. The van der Waals surface area contributed by atoms with Gasteiger partial charge in [-0.3, -0.25) is 0 Å². The van der Waals surface area contributed by atoms with Crippen molar-refractivity contribution in [3.05, 3.63) is 107 Å². The van der Waals surface area contributed by atoms with Gasteiger partial charge in [-0.1, -0.05) is 84.9 Å². The van der Waals surface area contributed by atoms with Crippen LogP contribution in [0.15, 0.2) is 84.9 Å². The molecule has 22 heavy (non-hydrogen) atoms. The summed E-state index contributed by atoms with van der Waals surface area (Å²) in [5, 5.41) is 11.6. The number of aliphatic hydroxyl groups is 1. The minimum atomic E-state index is -1.17. The number of benzene rings is 3. The molecular formula is C20H19NO. The van der Waals surface area contributed by atoms with Crippen LogP contribution in [-0.4, -0.2) is 5.11 Å². The molecule has 3 aromatic rings. The average molecular weight is 289 g/mol. The van der Waals surface area contributed by atoms with Gasteiger partial charge in [0.15, 0.2) is 0 Å². The van der Waals surface area contributed by atoms with Crippen LogP contribution in [0.4, 0.5) is 0 Å². The van der Waals surface area contributed by atoms with E-state index in [1.54, 1.807) is 0 Å². The van der Waals surface area contributed by atoms with E-state index in [-0.39, 0.29) is 0 Å². The predicted molar refractivity (Wildman–Crippen MR) is 89.3 cm³/mol. The van der Waals surface area contributed by atoms with Gasteiger partial charge in [-0.25, -0.2) is 0 Å². The maximum Gasteiger partial charge on any atom is 0.140 e. The molecule has 0 saturated heterocycles. The summed E-state index contributed by atoms with van der Waals surface area (Å²) in [7, 11) is 0. The minimum absolute atomic E-state index is 0.495. The van der Waals surface area contributed by atoms with E-state index in [2.05, 4.69) is 0 Å². The van der Waals surface area contributed by atoms with E-state index in [1.165, 1.54) is 0 Å². The maximum absolute atomic E-state index is 11.6. The largest absolute Gasteiger partial charge is 0.376 e. The van der Waals surface area contributed by atoms with Gasteiger partial charge in [0.2, 0.25) is 0 Å². The van der Waals surface area contributed by atoms with E-state index in [4.69, 9.17) is 5.73 Å². The van der Waals surface area contributed by atoms with Gasteiger partial charge >= 0.3 is 0 Å². The summed E-state index contributed by atoms with van der Waals surface area (Å²) in [6, 6.07) is 27.3. The monoisotopic (exact) mass is 289 g/mol. The van der Waals surface area contributed by atoms with Crippen LogP contribution in [-0.2, 0) is 12.1 Å². The van der Waals surface area contributed by atoms with E-state index >= 15 is 0 Å². The minimum Gasteiger partial charge on any atom is -0.376 e. The first-order valence-corrected chi connectivity index (χ1v) is 7.38. The molecule has 2 heteroatoms. The highest BCUT2D eigenvalue weighted by molar-refractivity contribution is 5.47. The molecule has 110 valence electrons. The summed E-state index contributed by atoms with van der Waals surface area (Å²) in [5.41, 5.74) is 8.08. The lowest BCUT2D eigenvalue weighted by molar-refractivity contribution is 0.125. The molecule has 0 amide bonds. The van der Waals surface area contributed by atoms with Crippen molar-refractivity contribution in [2.45, 2.75) is 12.1 Å². The molecule has 0 saturated carbocycles. The van der Waals surface area contributed by atoms with E-state index in [9.17, 15) is 5.11 Å². The Morgan fingerprint density at radius 3 is 1.45 bits per heavy atom. The third-order valence-electron chi connectivity index (χ3n) is 3.99. The van der Waals surface area contributed by atoms with Crippen LogP contribution in [0.25, 0.3) is 0 Å². The molecule has 0 aliphatic heterocycles. The lowest BCUT2D eigenvalue weighted by Gasteiger charge is -2.30. The van der Waals surface area contributed by atoms with Crippen molar-refractivity contribution < 1.29 is 5.11 Å². The zero-order chi connectivity index (χ0) is 15.4. The molecule has 3 aromatic carbocycles. The van der Waals surface area contributed by atoms with Crippen LogP contribution in [0.1, 0.15) is 22.3 Å². The third-order valence-corrected chi connectivity index (χ3v) is 3.99. The lowest BCUT2D eigenvalue weighted by Crippen LogP contribution is -2.28. The Kier molecular flexibility index (Phi) is 4.05. The maximum atomic E-state index is 11.6. The number of rotatable bonds is 4. The molecular weight excluding hydrogens is 270 g/mol. The van der Waals surface area contributed by atoms with E-state index in [0.29, 0.717) is 6.54 Å². The second-order valence-electron chi connectivity index (χ2n) is 5.34. The molecule has 0 spiro atoms.